The van der Waals surface area contributed by atoms with Gasteiger partial charge in [-0.15, -0.1) is 0 Å². The SMILES string of the molecule is CCC1CCN(c2ccc(CO)cn2)C1. The molecule has 15 heavy (non-hydrogen) atoms. The molecule has 1 aromatic rings. The molecule has 1 fully saturated rings. The third-order valence-electron chi connectivity index (χ3n) is 3.18. The van der Waals surface area contributed by atoms with Crippen molar-refractivity contribution in [1.82, 2.24) is 4.98 Å². The first-order valence-corrected chi connectivity index (χ1v) is 5.64. The molecule has 1 N–H and O–H groups in total. The van der Waals surface area contributed by atoms with Crippen LogP contribution in [0.4, 0.5) is 5.82 Å². The van der Waals surface area contributed by atoms with Gasteiger partial charge in [0.05, 0.1) is 6.61 Å². The average Bonchev–Trinajstić information content (AvgIpc) is 2.78. The summed E-state index contributed by atoms with van der Waals surface area (Å²) in [4.78, 5) is 6.69. The van der Waals surface area contributed by atoms with E-state index < -0.39 is 0 Å². The van der Waals surface area contributed by atoms with E-state index >= 15 is 0 Å². The van der Waals surface area contributed by atoms with Gasteiger partial charge in [0, 0.05) is 19.3 Å². The lowest BCUT2D eigenvalue weighted by Gasteiger charge is -2.17. The number of aromatic nitrogens is 1. The second-order valence-electron chi connectivity index (χ2n) is 4.19. The van der Waals surface area contributed by atoms with Crippen LogP contribution in [0.1, 0.15) is 25.3 Å². The molecule has 2 heterocycles. The number of nitrogens with zero attached hydrogens (tertiary/aromatic N) is 2. The van der Waals surface area contributed by atoms with E-state index in [1.54, 1.807) is 6.20 Å². The molecule has 1 aliphatic heterocycles. The minimum absolute atomic E-state index is 0.0743. The summed E-state index contributed by atoms with van der Waals surface area (Å²) in [6, 6.07) is 3.95. The highest BCUT2D eigenvalue weighted by Crippen LogP contribution is 2.23. The lowest BCUT2D eigenvalue weighted by molar-refractivity contribution is 0.281. The summed E-state index contributed by atoms with van der Waals surface area (Å²) in [5.41, 5.74) is 0.880. The van der Waals surface area contributed by atoms with Crippen LogP contribution in [0.5, 0.6) is 0 Å². The van der Waals surface area contributed by atoms with E-state index in [0.29, 0.717) is 0 Å². The maximum atomic E-state index is 8.92. The summed E-state index contributed by atoms with van der Waals surface area (Å²) in [5.74, 6) is 1.87. The van der Waals surface area contributed by atoms with Crippen molar-refractivity contribution >= 4 is 5.82 Å². The minimum atomic E-state index is 0.0743. The highest BCUT2D eigenvalue weighted by Gasteiger charge is 2.21. The highest BCUT2D eigenvalue weighted by atomic mass is 16.3. The Kier molecular flexibility index (Phi) is 3.21. The fourth-order valence-electron chi connectivity index (χ4n) is 2.07. The lowest BCUT2D eigenvalue weighted by Crippen LogP contribution is -2.20. The molecule has 1 saturated heterocycles. The molecule has 0 spiro atoms. The van der Waals surface area contributed by atoms with Crippen molar-refractivity contribution in [3.63, 3.8) is 0 Å². The van der Waals surface area contributed by atoms with Gasteiger partial charge in [0.15, 0.2) is 0 Å². The number of hydrogen-bond acceptors (Lipinski definition) is 3. The lowest BCUT2D eigenvalue weighted by atomic mass is 10.1. The Morgan fingerprint density at radius 1 is 1.53 bits per heavy atom. The summed E-state index contributed by atoms with van der Waals surface area (Å²) >= 11 is 0. The highest BCUT2D eigenvalue weighted by molar-refractivity contribution is 5.40. The molecule has 0 radical (unpaired) electrons. The predicted molar refractivity (Wildman–Crippen MR) is 60.8 cm³/mol. The van der Waals surface area contributed by atoms with E-state index in [-0.39, 0.29) is 6.61 Å². The van der Waals surface area contributed by atoms with Gasteiger partial charge in [-0.05, 0) is 24.0 Å². The van der Waals surface area contributed by atoms with Crippen LogP contribution < -0.4 is 4.90 Å². The van der Waals surface area contributed by atoms with Crippen LogP contribution in [0.2, 0.25) is 0 Å². The van der Waals surface area contributed by atoms with Crippen LogP contribution in [0.15, 0.2) is 18.3 Å². The summed E-state index contributed by atoms with van der Waals surface area (Å²) in [6.07, 6.45) is 4.29. The zero-order valence-electron chi connectivity index (χ0n) is 9.19. The molecule has 0 bridgehead atoms. The quantitative estimate of drug-likeness (QED) is 0.819. The number of aliphatic hydroxyl groups is 1. The van der Waals surface area contributed by atoms with E-state index in [9.17, 15) is 0 Å². The molecule has 0 aliphatic carbocycles. The predicted octanol–water partition coefficient (Wildman–Crippen LogP) is 1.81. The maximum Gasteiger partial charge on any atom is 0.128 e. The van der Waals surface area contributed by atoms with Crippen LogP contribution in [-0.2, 0) is 6.61 Å². The van der Waals surface area contributed by atoms with E-state index in [0.717, 1.165) is 30.4 Å². The Morgan fingerprint density at radius 3 is 2.93 bits per heavy atom. The molecule has 3 nitrogen and oxygen atoms in total. The standard InChI is InChI=1S/C12H18N2O/c1-2-10-5-6-14(8-10)12-4-3-11(9-15)7-13-12/h3-4,7,10,15H,2,5-6,8-9H2,1H3. The smallest absolute Gasteiger partial charge is 0.128 e. The van der Waals surface area contributed by atoms with Crippen LogP contribution in [0, 0.1) is 5.92 Å². The third-order valence-corrected chi connectivity index (χ3v) is 3.18. The van der Waals surface area contributed by atoms with Gasteiger partial charge < -0.3 is 10.0 Å². The van der Waals surface area contributed by atoms with Crippen LogP contribution >= 0.6 is 0 Å². The maximum absolute atomic E-state index is 8.92. The molecule has 1 aliphatic rings. The van der Waals surface area contributed by atoms with Crippen molar-refractivity contribution in [3.8, 4) is 0 Å². The molecule has 3 heteroatoms. The summed E-state index contributed by atoms with van der Waals surface area (Å²) in [5, 5.41) is 8.92. The van der Waals surface area contributed by atoms with Gasteiger partial charge in [-0.3, -0.25) is 0 Å². The zero-order chi connectivity index (χ0) is 10.7. The second kappa shape index (κ2) is 4.62. The number of rotatable bonds is 3. The van der Waals surface area contributed by atoms with E-state index in [1.165, 1.54) is 12.8 Å². The Morgan fingerprint density at radius 2 is 2.40 bits per heavy atom. The molecule has 0 saturated carbocycles. The topological polar surface area (TPSA) is 36.4 Å². The minimum Gasteiger partial charge on any atom is -0.392 e. The molecule has 1 atom stereocenters. The summed E-state index contributed by atoms with van der Waals surface area (Å²) in [6.45, 7) is 4.56. The van der Waals surface area contributed by atoms with Gasteiger partial charge >= 0.3 is 0 Å². The Hall–Kier alpha value is -1.09. The number of pyridine rings is 1. The first-order chi connectivity index (χ1) is 7.33. The second-order valence-corrected chi connectivity index (χ2v) is 4.19. The van der Waals surface area contributed by atoms with Gasteiger partial charge in [0.2, 0.25) is 0 Å². The van der Waals surface area contributed by atoms with Gasteiger partial charge in [0.25, 0.3) is 0 Å². The molecule has 1 unspecified atom stereocenters. The van der Waals surface area contributed by atoms with Gasteiger partial charge in [0.1, 0.15) is 5.82 Å². The van der Waals surface area contributed by atoms with Crippen LogP contribution in [0.3, 0.4) is 0 Å². The molecular formula is C12H18N2O. The van der Waals surface area contributed by atoms with Crippen molar-refractivity contribution in [2.75, 3.05) is 18.0 Å². The molecule has 82 valence electrons. The average molecular weight is 206 g/mol. The van der Waals surface area contributed by atoms with E-state index in [4.69, 9.17) is 5.11 Å². The molecule has 2 rings (SSSR count). The molecule has 0 aromatic carbocycles. The van der Waals surface area contributed by atoms with Crippen LogP contribution in [0.25, 0.3) is 0 Å². The zero-order valence-corrected chi connectivity index (χ0v) is 9.19. The Bertz CT molecular complexity index is 310. The van der Waals surface area contributed by atoms with Gasteiger partial charge in [-0.1, -0.05) is 19.4 Å². The molecule has 1 aromatic heterocycles. The van der Waals surface area contributed by atoms with Crippen molar-refractivity contribution < 1.29 is 5.11 Å². The monoisotopic (exact) mass is 206 g/mol. The third kappa shape index (κ3) is 2.29. The normalized spacial score (nSPS) is 20.9. The van der Waals surface area contributed by atoms with E-state index in [2.05, 4.69) is 16.8 Å². The summed E-state index contributed by atoms with van der Waals surface area (Å²) < 4.78 is 0. The number of anilines is 1. The van der Waals surface area contributed by atoms with Crippen molar-refractivity contribution in [1.29, 1.82) is 0 Å². The van der Waals surface area contributed by atoms with E-state index in [1.807, 2.05) is 12.1 Å². The fraction of sp³-hybridized carbons (Fsp3) is 0.583. The van der Waals surface area contributed by atoms with Crippen LogP contribution in [-0.4, -0.2) is 23.2 Å². The van der Waals surface area contributed by atoms with Crippen molar-refractivity contribution in [2.24, 2.45) is 5.92 Å². The van der Waals surface area contributed by atoms with Crippen molar-refractivity contribution in [2.45, 2.75) is 26.4 Å². The first kappa shape index (κ1) is 10.4. The first-order valence-electron chi connectivity index (χ1n) is 5.64. The largest absolute Gasteiger partial charge is 0.392 e. The van der Waals surface area contributed by atoms with Gasteiger partial charge in [-0.25, -0.2) is 4.98 Å². The Labute approximate surface area is 90.8 Å². The van der Waals surface area contributed by atoms with Gasteiger partial charge in [-0.2, -0.15) is 0 Å². The number of hydrogen-bond donors (Lipinski definition) is 1. The Balaban J connectivity index is 2.04. The molecular weight excluding hydrogens is 188 g/mol. The molecule has 0 amide bonds. The summed E-state index contributed by atoms with van der Waals surface area (Å²) in [7, 11) is 0. The fourth-order valence-corrected chi connectivity index (χ4v) is 2.07. The van der Waals surface area contributed by atoms with Crippen molar-refractivity contribution in [3.05, 3.63) is 23.9 Å². The number of aliphatic hydroxyl groups excluding tert-OH is 1.